The Morgan fingerprint density at radius 2 is 1.88 bits per heavy atom. The predicted octanol–water partition coefficient (Wildman–Crippen LogP) is 0.0453. The molecular weight excluding hydrogens is 241 g/mol. The van der Waals surface area contributed by atoms with Crippen LogP contribution in [-0.4, -0.2) is 51.1 Å². The van der Waals surface area contributed by atoms with Gasteiger partial charge in [-0.25, -0.2) is 0 Å². The lowest BCUT2D eigenvalue weighted by Crippen LogP contribution is -2.61. The van der Waals surface area contributed by atoms with Crippen LogP contribution < -0.4 is 11.1 Å². The Balaban J connectivity index is 3.87. The highest BCUT2D eigenvalue weighted by Gasteiger charge is 2.53. The third-order valence-corrected chi connectivity index (χ3v) is 2.02. The molecule has 0 aromatic heterocycles. The molecule has 102 valence electrons. The molecule has 0 saturated carbocycles. The zero-order valence-corrected chi connectivity index (χ0v) is 9.76. The Morgan fingerprint density at radius 3 is 2.35 bits per heavy atom. The van der Waals surface area contributed by atoms with Crippen molar-refractivity contribution in [3.63, 3.8) is 0 Å². The van der Waals surface area contributed by atoms with Gasteiger partial charge in [0.05, 0.1) is 19.8 Å². The zero-order valence-electron chi connectivity index (χ0n) is 9.76. The molecule has 0 aliphatic carbocycles. The van der Waals surface area contributed by atoms with Gasteiger partial charge in [-0.05, 0) is 6.92 Å². The van der Waals surface area contributed by atoms with Gasteiger partial charge in [0.2, 0.25) is 5.91 Å². The van der Waals surface area contributed by atoms with E-state index in [1.807, 2.05) is 0 Å². The van der Waals surface area contributed by atoms with E-state index in [2.05, 4.69) is 10.1 Å². The Bertz CT molecular complexity index is 244. The number of carbonyl (C=O) groups is 1. The maximum Gasteiger partial charge on any atom is 0.415 e. The second-order valence-corrected chi connectivity index (χ2v) is 3.56. The average Bonchev–Trinajstić information content (AvgIpc) is 2.21. The second-order valence-electron chi connectivity index (χ2n) is 3.56. The maximum atomic E-state index is 12.3. The molecular formula is C9H17F3N2O3. The Morgan fingerprint density at radius 1 is 1.29 bits per heavy atom. The van der Waals surface area contributed by atoms with E-state index in [1.165, 1.54) is 7.11 Å². The molecule has 0 heterocycles. The fraction of sp³-hybridized carbons (Fsp3) is 0.889. The highest BCUT2D eigenvalue weighted by atomic mass is 19.4. The fourth-order valence-corrected chi connectivity index (χ4v) is 0.793. The highest BCUT2D eigenvalue weighted by Crippen LogP contribution is 2.27. The quantitative estimate of drug-likeness (QED) is 0.633. The van der Waals surface area contributed by atoms with Crippen molar-refractivity contribution in [1.29, 1.82) is 0 Å². The van der Waals surface area contributed by atoms with Crippen LogP contribution in [0.5, 0.6) is 0 Å². The van der Waals surface area contributed by atoms with E-state index >= 15 is 0 Å². The lowest BCUT2D eigenvalue weighted by atomic mass is 10.0. The van der Waals surface area contributed by atoms with Gasteiger partial charge in [-0.2, -0.15) is 13.2 Å². The van der Waals surface area contributed by atoms with Crippen LogP contribution in [0.3, 0.4) is 0 Å². The number of halogens is 3. The Hall–Kier alpha value is -0.860. The minimum atomic E-state index is -4.78. The van der Waals surface area contributed by atoms with E-state index in [-0.39, 0.29) is 13.2 Å². The van der Waals surface area contributed by atoms with Crippen LogP contribution in [0.2, 0.25) is 0 Å². The predicted molar refractivity (Wildman–Crippen MR) is 54.4 cm³/mol. The lowest BCUT2D eigenvalue weighted by molar-refractivity contribution is -0.187. The zero-order chi connectivity index (χ0) is 13.5. The molecule has 0 fully saturated rings. The number of alkyl halides is 3. The number of rotatable bonds is 7. The minimum Gasteiger partial charge on any atom is -0.382 e. The van der Waals surface area contributed by atoms with Gasteiger partial charge in [0, 0.05) is 13.7 Å². The molecule has 8 heteroatoms. The number of hydrogen-bond donors (Lipinski definition) is 2. The summed E-state index contributed by atoms with van der Waals surface area (Å²) in [7, 11) is 1.49. The molecule has 1 unspecified atom stereocenters. The van der Waals surface area contributed by atoms with Crippen molar-refractivity contribution in [1.82, 2.24) is 5.32 Å². The van der Waals surface area contributed by atoms with Crippen LogP contribution in [0.1, 0.15) is 6.92 Å². The van der Waals surface area contributed by atoms with E-state index in [0.717, 1.165) is 0 Å². The van der Waals surface area contributed by atoms with Gasteiger partial charge in [0.25, 0.3) is 0 Å². The first kappa shape index (κ1) is 16.1. The van der Waals surface area contributed by atoms with Crippen LogP contribution in [0.4, 0.5) is 13.2 Å². The normalized spacial score (nSPS) is 15.4. The fourth-order valence-electron chi connectivity index (χ4n) is 0.793. The van der Waals surface area contributed by atoms with E-state index in [1.54, 1.807) is 0 Å². The first-order valence-corrected chi connectivity index (χ1v) is 4.94. The van der Waals surface area contributed by atoms with Gasteiger partial charge < -0.3 is 20.5 Å². The van der Waals surface area contributed by atoms with E-state index in [0.29, 0.717) is 20.1 Å². The molecule has 1 amide bonds. The first-order chi connectivity index (χ1) is 7.73. The number of nitrogens with one attached hydrogen (secondary N) is 1. The van der Waals surface area contributed by atoms with Crippen LogP contribution in [0.25, 0.3) is 0 Å². The second kappa shape index (κ2) is 6.77. The number of ether oxygens (including phenoxy) is 2. The molecule has 0 radical (unpaired) electrons. The molecule has 3 N–H and O–H groups in total. The minimum absolute atomic E-state index is 0.0363. The summed E-state index contributed by atoms with van der Waals surface area (Å²) in [5.74, 6) is -1.28. The van der Waals surface area contributed by atoms with Gasteiger partial charge in [0.15, 0.2) is 5.54 Å². The molecule has 0 rings (SSSR count). The number of hydrogen-bond acceptors (Lipinski definition) is 4. The third-order valence-electron chi connectivity index (χ3n) is 2.02. The van der Waals surface area contributed by atoms with Crippen molar-refractivity contribution in [3.8, 4) is 0 Å². The van der Waals surface area contributed by atoms with Gasteiger partial charge in [-0.1, -0.05) is 0 Å². The summed E-state index contributed by atoms with van der Waals surface area (Å²) in [5.41, 5.74) is 2.01. The molecule has 17 heavy (non-hydrogen) atoms. The van der Waals surface area contributed by atoms with Gasteiger partial charge >= 0.3 is 6.18 Å². The summed E-state index contributed by atoms with van der Waals surface area (Å²) in [6.07, 6.45) is -4.78. The molecule has 5 nitrogen and oxygen atoms in total. The molecule has 1 atom stereocenters. The molecule has 0 aliphatic heterocycles. The van der Waals surface area contributed by atoms with Gasteiger partial charge in [-0.3, -0.25) is 4.79 Å². The van der Waals surface area contributed by atoms with Crippen molar-refractivity contribution in [2.75, 3.05) is 33.5 Å². The van der Waals surface area contributed by atoms with Crippen molar-refractivity contribution in [3.05, 3.63) is 0 Å². The SMILES string of the molecule is COCCOCCNC(=O)C(C)(N)C(F)(F)F. The monoisotopic (exact) mass is 258 g/mol. The van der Waals surface area contributed by atoms with E-state index < -0.39 is 17.6 Å². The molecule has 0 bridgehead atoms. The maximum absolute atomic E-state index is 12.3. The topological polar surface area (TPSA) is 73.6 Å². The molecule has 0 aliphatic rings. The average molecular weight is 258 g/mol. The molecule has 0 aromatic rings. The first-order valence-electron chi connectivity index (χ1n) is 4.94. The van der Waals surface area contributed by atoms with E-state index in [4.69, 9.17) is 10.5 Å². The summed E-state index contributed by atoms with van der Waals surface area (Å²) in [4.78, 5) is 11.2. The van der Waals surface area contributed by atoms with Crippen LogP contribution in [0.15, 0.2) is 0 Å². The van der Waals surface area contributed by atoms with E-state index in [9.17, 15) is 18.0 Å². The van der Waals surface area contributed by atoms with Gasteiger partial charge in [0.1, 0.15) is 0 Å². The summed E-state index contributed by atoms with van der Waals surface area (Å²) in [5, 5.41) is 2.06. The summed E-state index contributed by atoms with van der Waals surface area (Å²) < 4.78 is 46.6. The smallest absolute Gasteiger partial charge is 0.382 e. The molecule has 0 saturated heterocycles. The number of carbonyl (C=O) groups excluding carboxylic acids is 1. The number of nitrogens with two attached hydrogens (primary N) is 1. The van der Waals surface area contributed by atoms with Crippen molar-refractivity contribution < 1.29 is 27.4 Å². The summed E-state index contributed by atoms with van der Waals surface area (Å²) in [6, 6.07) is 0. The largest absolute Gasteiger partial charge is 0.415 e. The van der Waals surface area contributed by atoms with Crippen molar-refractivity contribution in [2.24, 2.45) is 5.73 Å². The van der Waals surface area contributed by atoms with Crippen molar-refractivity contribution in [2.45, 2.75) is 18.6 Å². The lowest BCUT2D eigenvalue weighted by Gasteiger charge is -2.26. The van der Waals surface area contributed by atoms with Crippen LogP contribution in [0, 0.1) is 0 Å². The molecule has 0 aromatic carbocycles. The summed E-state index contributed by atoms with van der Waals surface area (Å²) >= 11 is 0. The molecule has 0 spiro atoms. The van der Waals surface area contributed by atoms with Gasteiger partial charge in [-0.15, -0.1) is 0 Å². The summed E-state index contributed by atoms with van der Waals surface area (Å²) in [6.45, 7) is 1.37. The standard InChI is InChI=1S/C9H17F3N2O3/c1-8(13,9(10,11)12)7(15)14-3-4-17-6-5-16-2/h3-6,13H2,1-2H3,(H,14,15). The Labute approximate surface area is 97.4 Å². The number of amides is 1. The third kappa shape index (κ3) is 5.33. The van der Waals surface area contributed by atoms with Crippen LogP contribution in [-0.2, 0) is 14.3 Å². The number of methoxy groups -OCH3 is 1. The van der Waals surface area contributed by atoms with Crippen molar-refractivity contribution >= 4 is 5.91 Å². The van der Waals surface area contributed by atoms with Crippen LogP contribution >= 0.6 is 0 Å². The Kier molecular flexibility index (Phi) is 6.43. The highest BCUT2D eigenvalue weighted by molar-refractivity contribution is 5.86.